The van der Waals surface area contributed by atoms with Gasteiger partial charge in [-0.1, -0.05) is 5.10 Å². The van der Waals surface area contributed by atoms with E-state index in [-0.39, 0.29) is 37.5 Å². The molecule has 20 heavy (non-hydrogen) atoms. The number of hydrogen-bond acceptors (Lipinski definition) is 5. The van der Waals surface area contributed by atoms with Crippen LogP contribution in [0.4, 0.5) is 14.7 Å². The van der Waals surface area contributed by atoms with Gasteiger partial charge in [-0.2, -0.15) is 0 Å². The summed E-state index contributed by atoms with van der Waals surface area (Å²) < 4.78 is 32.4. The van der Waals surface area contributed by atoms with Crippen LogP contribution < -0.4 is 5.32 Å². The predicted octanol–water partition coefficient (Wildman–Crippen LogP) is 1.08. The zero-order valence-electron chi connectivity index (χ0n) is 11.2. The number of hydrogen-bond donors (Lipinski definition) is 1. The summed E-state index contributed by atoms with van der Waals surface area (Å²) in [6.07, 6.45) is -0.143. The molecule has 1 aliphatic carbocycles. The van der Waals surface area contributed by atoms with E-state index in [9.17, 15) is 13.6 Å². The van der Waals surface area contributed by atoms with Gasteiger partial charge in [0.1, 0.15) is 0 Å². The number of halogens is 2. The average molecular weight is 289 g/mol. The molecule has 1 saturated carbocycles. The molecule has 0 aromatic carbocycles. The van der Waals surface area contributed by atoms with Crippen LogP contribution in [0.3, 0.4) is 0 Å². The first kappa shape index (κ1) is 14.8. The number of aromatic nitrogens is 4. The third kappa shape index (κ3) is 3.69. The monoisotopic (exact) mass is 289 g/mol. The van der Waals surface area contributed by atoms with E-state index in [0.717, 1.165) is 0 Å². The standard InChI is InChI=1S/C11H17F2N5O2/c1-20-7-6-18-10(15-16-17-18)14-9(19)8-2-4-11(12,13)5-3-8/h8H,2-7H2,1H3,(H,14,15,17,19). The van der Waals surface area contributed by atoms with Crippen molar-refractivity contribution in [2.24, 2.45) is 5.92 Å². The quantitative estimate of drug-likeness (QED) is 0.877. The second kappa shape index (κ2) is 6.21. The van der Waals surface area contributed by atoms with Crippen molar-refractivity contribution in [3.8, 4) is 0 Å². The molecule has 1 amide bonds. The van der Waals surface area contributed by atoms with Crippen LogP contribution in [0.2, 0.25) is 0 Å². The number of carbonyl (C=O) groups excluding carboxylic acids is 1. The van der Waals surface area contributed by atoms with Crippen molar-refractivity contribution in [1.29, 1.82) is 0 Å². The molecular weight excluding hydrogens is 272 g/mol. The Labute approximate surface area is 114 Å². The number of rotatable bonds is 5. The number of nitrogens with one attached hydrogen (secondary N) is 1. The third-order valence-corrected chi connectivity index (χ3v) is 3.36. The van der Waals surface area contributed by atoms with Crippen molar-refractivity contribution in [3.63, 3.8) is 0 Å². The minimum Gasteiger partial charge on any atom is -0.383 e. The van der Waals surface area contributed by atoms with Crippen LogP contribution in [-0.2, 0) is 16.1 Å². The summed E-state index contributed by atoms with van der Waals surface area (Å²) in [6, 6.07) is 0. The Morgan fingerprint density at radius 1 is 1.50 bits per heavy atom. The zero-order chi connectivity index (χ0) is 14.6. The Balaban J connectivity index is 1.90. The summed E-state index contributed by atoms with van der Waals surface area (Å²) in [7, 11) is 1.55. The van der Waals surface area contributed by atoms with Gasteiger partial charge in [-0.3, -0.25) is 10.1 Å². The SMILES string of the molecule is COCCn1nnnc1NC(=O)C1CCC(F)(F)CC1. The smallest absolute Gasteiger partial charge is 0.249 e. The highest BCUT2D eigenvalue weighted by Gasteiger charge is 2.37. The van der Waals surface area contributed by atoms with Gasteiger partial charge >= 0.3 is 0 Å². The molecule has 1 N–H and O–H groups in total. The number of tetrazole rings is 1. The van der Waals surface area contributed by atoms with Crippen LogP contribution in [0.5, 0.6) is 0 Å². The largest absolute Gasteiger partial charge is 0.383 e. The summed E-state index contributed by atoms with van der Waals surface area (Å²) in [5.41, 5.74) is 0. The molecule has 0 radical (unpaired) electrons. The molecule has 0 unspecified atom stereocenters. The minimum absolute atomic E-state index is 0.179. The lowest BCUT2D eigenvalue weighted by atomic mass is 9.86. The molecule has 1 heterocycles. The Morgan fingerprint density at radius 3 is 2.85 bits per heavy atom. The van der Waals surface area contributed by atoms with E-state index in [1.54, 1.807) is 7.11 Å². The minimum atomic E-state index is -2.64. The molecule has 0 saturated heterocycles. The second-order valence-corrected chi connectivity index (χ2v) is 4.84. The van der Waals surface area contributed by atoms with E-state index in [2.05, 4.69) is 20.8 Å². The molecule has 1 aliphatic rings. The number of amides is 1. The number of methoxy groups -OCH3 is 1. The van der Waals surface area contributed by atoms with Crippen LogP contribution in [0, 0.1) is 5.92 Å². The van der Waals surface area contributed by atoms with Crippen molar-refractivity contribution in [1.82, 2.24) is 20.2 Å². The predicted molar refractivity (Wildman–Crippen MR) is 65.2 cm³/mol. The molecule has 112 valence electrons. The lowest BCUT2D eigenvalue weighted by molar-refractivity contribution is -0.124. The van der Waals surface area contributed by atoms with Crippen LogP contribution in [-0.4, -0.2) is 45.8 Å². The maximum Gasteiger partial charge on any atom is 0.249 e. The lowest BCUT2D eigenvalue weighted by Gasteiger charge is -2.27. The molecule has 0 bridgehead atoms. The highest BCUT2D eigenvalue weighted by atomic mass is 19.3. The molecular formula is C11H17F2N5O2. The Kier molecular flexibility index (Phi) is 4.58. The lowest BCUT2D eigenvalue weighted by Crippen LogP contribution is -2.32. The van der Waals surface area contributed by atoms with E-state index in [1.165, 1.54) is 4.68 Å². The fourth-order valence-electron chi connectivity index (χ4n) is 2.14. The first-order chi connectivity index (χ1) is 9.52. The van der Waals surface area contributed by atoms with Gasteiger partial charge in [0.15, 0.2) is 0 Å². The van der Waals surface area contributed by atoms with Crippen molar-refractivity contribution < 1.29 is 18.3 Å². The van der Waals surface area contributed by atoms with Crippen LogP contribution >= 0.6 is 0 Å². The molecule has 0 atom stereocenters. The maximum atomic E-state index is 13.0. The van der Waals surface area contributed by atoms with Gasteiger partial charge in [0.2, 0.25) is 17.8 Å². The van der Waals surface area contributed by atoms with Gasteiger partial charge < -0.3 is 4.74 Å². The summed E-state index contributed by atoms with van der Waals surface area (Å²) >= 11 is 0. The molecule has 2 rings (SSSR count). The number of alkyl halides is 2. The highest BCUT2D eigenvalue weighted by Crippen LogP contribution is 2.36. The van der Waals surface area contributed by atoms with E-state index in [4.69, 9.17) is 4.74 Å². The maximum absolute atomic E-state index is 13.0. The van der Waals surface area contributed by atoms with E-state index in [1.807, 2.05) is 0 Å². The first-order valence-corrected chi connectivity index (χ1v) is 6.45. The van der Waals surface area contributed by atoms with Crippen LogP contribution in [0.15, 0.2) is 0 Å². The van der Waals surface area contributed by atoms with E-state index < -0.39 is 11.8 Å². The number of anilines is 1. The summed E-state index contributed by atoms with van der Waals surface area (Å²) in [6.45, 7) is 0.811. The van der Waals surface area contributed by atoms with Gasteiger partial charge in [0.25, 0.3) is 0 Å². The van der Waals surface area contributed by atoms with Gasteiger partial charge in [-0.05, 0) is 23.3 Å². The highest BCUT2D eigenvalue weighted by molar-refractivity contribution is 5.90. The molecule has 1 aromatic rings. The number of ether oxygens (including phenoxy) is 1. The molecule has 1 aromatic heterocycles. The van der Waals surface area contributed by atoms with Crippen molar-refractivity contribution in [2.45, 2.75) is 38.2 Å². The summed E-state index contributed by atoms with van der Waals surface area (Å²) in [4.78, 5) is 12.0. The molecule has 0 aliphatic heterocycles. The van der Waals surface area contributed by atoms with Gasteiger partial charge in [-0.15, -0.1) is 0 Å². The zero-order valence-corrected chi connectivity index (χ0v) is 11.2. The average Bonchev–Trinajstić information content (AvgIpc) is 2.83. The Morgan fingerprint density at radius 2 is 2.20 bits per heavy atom. The molecule has 1 fully saturated rings. The Bertz CT molecular complexity index is 455. The van der Waals surface area contributed by atoms with Crippen molar-refractivity contribution in [3.05, 3.63) is 0 Å². The Hall–Kier alpha value is -1.64. The van der Waals surface area contributed by atoms with Crippen LogP contribution in [0.25, 0.3) is 0 Å². The number of carbonyl (C=O) groups is 1. The van der Waals surface area contributed by atoms with E-state index >= 15 is 0 Å². The molecule has 9 heteroatoms. The topological polar surface area (TPSA) is 81.9 Å². The molecule has 0 spiro atoms. The normalized spacial score (nSPS) is 18.9. The summed E-state index contributed by atoms with van der Waals surface area (Å²) in [5.74, 6) is -3.16. The van der Waals surface area contributed by atoms with Crippen LogP contribution in [0.1, 0.15) is 25.7 Å². The second-order valence-electron chi connectivity index (χ2n) is 4.84. The van der Waals surface area contributed by atoms with E-state index in [0.29, 0.717) is 13.2 Å². The first-order valence-electron chi connectivity index (χ1n) is 6.45. The van der Waals surface area contributed by atoms with Gasteiger partial charge in [0, 0.05) is 25.9 Å². The molecule has 7 nitrogen and oxygen atoms in total. The fourth-order valence-corrected chi connectivity index (χ4v) is 2.14. The van der Waals surface area contributed by atoms with Crippen molar-refractivity contribution in [2.75, 3.05) is 19.0 Å². The third-order valence-electron chi connectivity index (χ3n) is 3.36. The fraction of sp³-hybridized carbons (Fsp3) is 0.818. The number of nitrogens with zero attached hydrogens (tertiary/aromatic N) is 4. The van der Waals surface area contributed by atoms with Gasteiger partial charge in [0.05, 0.1) is 13.2 Å². The van der Waals surface area contributed by atoms with Gasteiger partial charge in [-0.25, -0.2) is 13.5 Å². The summed E-state index contributed by atoms with van der Waals surface area (Å²) in [5, 5.41) is 13.5. The van der Waals surface area contributed by atoms with Crippen molar-refractivity contribution >= 4 is 11.9 Å².